The third kappa shape index (κ3) is 4.44. The molecule has 142 valence electrons. The summed E-state index contributed by atoms with van der Waals surface area (Å²) in [4.78, 5) is 34.7. The number of hydrogen-bond acceptors (Lipinski definition) is 4. The monoisotopic (exact) mass is 373 g/mol. The summed E-state index contributed by atoms with van der Waals surface area (Å²) in [6.45, 7) is 3.86. The van der Waals surface area contributed by atoms with E-state index in [1.165, 1.54) is 13.8 Å². The molecular formula is C16H18F3N3O4. The fourth-order valence-corrected chi connectivity index (χ4v) is 2.24. The molecule has 0 saturated carbocycles. The van der Waals surface area contributed by atoms with E-state index in [9.17, 15) is 27.6 Å². The summed E-state index contributed by atoms with van der Waals surface area (Å²) in [6, 6.07) is 4.28. The Morgan fingerprint density at radius 1 is 1.23 bits per heavy atom. The normalized spacial score (nSPS) is 15.2. The highest BCUT2D eigenvalue weighted by atomic mass is 19.4. The average molecular weight is 373 g/mol. The summed E-state index contributed by atoms with van der Waals surface area (Å²) < 4.78 is 42.3. The maximum absolute atomic E-state index is 12.4. The maximum atomic E-state index is 12.4. The van der Waals surface area contributed by atoms with Gasteiger partial charge in [-0.1, -0.05) is 6.07 Å². The lowest BCUT2D eigenvalue weighted by Crippen LogP contribution is -2.57. The Morgan fingerprint density at radius 2 is 1.88 bits per heavy atom. The van der Waals surface area contributed by atoms with Gasteiger partial charge in [0.15, 0.2) is 6.61 Å². The van der Waals surface area contributed by atoms with Crippen molar-refractivity contribution in [3.8, 4) is 5.75 Å². The number of fused-ring (bicyclic) bond motifs is 1. The number of rotatable bonds is 4. The lowest BCUT2D eigenvalue weighted by atomic mass is 10.0. The molecule has 1 aromatic carbocycles. The second-order valence-corrected chi connectivity index (χ2v) is 6.36. The fraction of sp³-hybridized carbons (Fsp3) is 0.438. The zero-order chi connectivity index (χ0) is 19.7. The highest BCUT2D eigenvalue weighted by molar-refractivity contribution is 5.95. The Balaban J connectivity index is 2.08. The second-order valence-electron chi connectivity index (χ2n) is 6.36. The molecule has 3 amide bonds. The van der Waals surface area contributed by atoms with Crippen LogP contribution in [0.4, 0.5) is 18.9 Å². The Labute approximate surface area is 147 Å². The number of nitrogens with one attached hydrogen (secondary N) is 3. The molecule has 0 fully saturated rings. The number of ether oxygens (including phenoxy) is 1. The molecule has 1 aliphatic rings. The Kier molecular flexibility index (Phi) is 5.15. The van der Waals surface area contributed by atoms with E-state index in [0.29, 0.717) is 17.0 Å². The molecule has 0 radical (unpaired) electrons. The summed E-state index contributed by atoms with van der Waals surface area (Å²) in [5.74, 6) is -2.83. The Morgan fingerprint density at radius 3 is 2.50 bits per heavy atom. The van der Waals surface area contributed by atoms with Crippen molar-refractivity contribution in [2.45, 2.75) is 38.5 Å². The van der Waals surface area contributed by atoms with Crippen LogP contribution in [0.3, 0.4) is 0 Å². The molecule has 0 aromatic heterocycles. The first-order valence-corrected chi connectivity index (χ1v) is 7.67. The van der Waals surface area contributed by atoms with Crippen molar-refractivity contribution in [2.24, 2.45) is 0 Å². The summed E-state index contributed by atoms with van der Waals surface area (Å²) in [5, 5.41) is 6.82. The molecule has 0 aliphatic carbocycles. The standard InChI is InChI=1S/C16H18F3N3O4/c1-8(9-4-5-11-10(6-9)21-12(23)7-26-11)20-13(24)15(2,3)22-14(25)16(17,18)19/h4-6,8H,7H2,1-3H3,(H,20,24)(H,21,23)(H,22,25). The minimum absolute atomic E-state index is 0.0915. The quantitative estimate of drug-likeness (QED) is 0.748. The average Bonchev–Trinajstić information content (AvgIpc) is 2.52. The van der Waals surface area contributed by atoms with Crippen molar-refractivity contribution in [2.75, 3.05) is 11.9 Å². The van der Waals surface area contributed by atoms with Gasteiger partial charge in [-0.25, -0.2) is 0 Å². The van der Waals surface area contributed by atoms with Crippen molar-refractivity contribution < 1.29 is 32.3 Å². The minimum atomic E-state index is -5.08. The molecular weight excluding hydrogens is 355 g/mol. The summed E-state index contributed by atoms with van der Waals surface area (Å²) in [7, 11) is 0. The predicted octanol–water partition coefficient (Wildman–Crippen LogP) is 1.65. The zero-order valence-corrected chi connectivity index (χ0v) is 14.3. The predicted molar refractivity (Wildman–Crippen MR) is 85.4 cm³/mol. The second kappa shape index (κ2) is 6.85. The van der Waals surface area contributed by atoms with Gasteiger partial charge < -0.3 is 20.7 Å². The molecule has 26 heavy (non-hydrogen) atoms. The maximum Gasteiger partial charge on any atom is 0.471 e. The van der Waals surface area contributed by atoms with Gasteiger partial charge >= 0.3 is 12.1 Å². The van der Waals surface area contributed by atoms with Crippen LogP contribution in [0.25, 0.3) is 0 Å². The molecule has 1 heterocycles. The first kappa shape index (κ1) is 19.5. The van der Waals surface area contributed by atoms with Crippen LogP contribution in [-0.4, -0.2) is 36.0 Å². The molecule has 1 atom stereocenters. The molecule has 0 bridgehead atoms. The number of alkyl halides is 3. The number of hydrogen-bond donors (Lipinski definition) is 3. The lowest BCUT2D eigenvalue weighted by Gasteiger charge is -2.28. The van der Waals surface area contributed by atoms with Crippen molar-refractivity contribution in [3.63, 3.8) is 0 Å². The Bertz CT molecular complexity index is 747. The highest BCUT2D eigenvalue weighted by Gasteiger charge is 2.43. The van der Waals surface area contributed by atoms with E-state index >= 15 is 0 Å². The third-order valence-corrected chi connectivity index (χ3v) is 3.74. The van der Waals surface area contributed by atoms with Gasteiger partial charge in [-0.3, -0.25) is 14.4 Å². The van der Waals surface area contributed by atoms with Crippen LogP contribution < -0.4 is 20.7 Å². The molecule has 2 rings (SSSR count). The van der Waals surface area contributed by atoms with E-state index in [2.05, 4.69) is 10.6 Å². The van der Waals surface area contributed by atoms with Crippen molar-refractivity contribution in [3.05, 3.63) is 23.8 Å². The van der Waals surface area contributed by atoms with E-state index in [1.807, 2.05) is 0 Å². The van der Waals surface area contributed by atoms with E-state index < -0.39 is 29.6 Å². The molecule has 7 nitrogen and oxygen atoms in total. The third-order valence-electron chi connectivity index (χ3n) is 3.74. The fourth-order valence-electron chi connectivity index (χ4n) is 2.24. The van der Waals surface area contributed by atoms with Gasteiger partial charge in [-0.2, -0.15) is 13.2 Å². The van der Waals surface area contributed by atoms with Crippen molar-refractivity contribution >= 4 is 23.4 Å². The van der Waals surface area contributed by atoms with Crippen LogP contribution >= 0.6 is 0 Å². The zero-order valence-electron chi connectivity index (χ0n) is 14.3. The number of benzene rings is 1. The molecule has 1 unspecified atom stereocenters. The number of carbonyl (C=O) groups is 3. The lowest BCUT2D eigenvalue weighted by molar-refractivity contribution is -0.176. The van der Waals surface area contributed by atoms with E-state index in [4.69, 9.17) is 4.74 Å². The van der Waals surface area contributed by atoms with Gasteiger partial charge in [-0.15, -0.1) is 0 Å². The first-order valence-electron chi connectivity index (χ1n) is 7.67. The Hall–Kier alpha value is -2.78. The summed E-state index contributed by atoms with van der Waals surface area (Å²) in [5.41, 5.74) is -0.739. The molecule has 0 saturated heterocycles. The van der Waals surface area contributed by atoms with Gasteiger partial charge in [-0.05, 0) is 38.5 Å². The summed E-state index contributed by atoms with van der Waals surface area (Å²) in [6.07, 6.45) is -5.08. The summed E-state index contributed by atoms with van der Waals surface area (Å²) >= 11 is 0. The van der Waals surface area contributed by atoms with Gasteiger partial charge in [0, 0.05) is 0 Å². The molecule has 1 aromatic rings. The molecule has 0 spiro atoms. The topological polar surface area (TPSA) is 96.5 Å². The van der Waals surface area contributed by atoms with Crippen LogP contribution in [-0.2, 0) is 14.4 Å². The van der Waals surface area contributed by atoms with E-state index in [-0.39, 0.29) is 12.5 Å². The number of amides is 3. The van der Waals surface area contributed by atoms with Crippen LogP contribution in [0.1, 0.15) is 32.4 Å². The van der Waals surface area contributed by atoms with Gasteiger partial charge in [0.2, 0.25) is 5.91 Å². The first-order chi connectivity index (χ1) is 11.9. The van der Waals surface area contributed by atoms with Crippen LogP contribution in [0.2, 0.25) is 0 Å². The van der Waals surface area contributed by atoms with Crippen molar-refractivity contribution in [1.29, 1.82) is 0 Å². The molecule has 10 heteroatoms. The highest BCUT2D eigenvalue weighted by Crippen LogP contribution is 2.30. The van der Waals surface area contributed by atoms with E-state index in [0.717, 1.165) is 0 Å². The molecule has 1 aliphatic heterocycles. The number of halogens is 3. The minimum Gasteiger partial charge on any atom is -0.482 e. The molecule has 3 N–H and O–H groups in total. The van der Waals surface area contributed by atoms with E-state index in [1.54, 1.807) is 30.4 Å². The SMILES string of the molecule is CC(NC(=O)C(C)(C)NC(=O)C(F)(F)F)c1ccc2c(c1)NC(=O)CO2. The van der Waals surface area contributed by atoms with Crippen molar-refractivity contribution in [1.82, 2.24) is 10.6 Å². The van der Waals surface area contributed by atoms with Crippen LogP contribution in [0.5, 0.6) is 5.75 Å². The number of carbonyl (C=O) groups excluding carboxylic acids is 3. The van der Waals surface area contributed by atoms with Gasteiger partial charge in [0.1, 0.15) is 11.3 Å². The van der Waals surface area contributed by atoms with Gasteiger partial charge in [0.05, 0.1) is 11.7 Å². The van der Waals surface area contributed by atoms with Crippen LogP contribution in [0.15, 0.2) is 18.2 Å². The largest absolute Gasteiger partial charge is 0.482 e. The number of anilines is 1. The van der Waals surface area contributed by atoms with Crippen LogP contribution in [0, 0.1) is 0 Å². The van der Waals surface area contributed by atoms with Gasteiger partial charge in [0.25, 0.3) is 5.91 Å². The smallest absolute Gasteiger partial charge is 0.471 e.